The molecule has 0 spiro atoms. The van der Waals surface area contributed by atoms with E-state index in [1.165, 1.54) is 0 Å². The Labute approximate surface area is 95.4 Å². The van der Waals surface area contributed by atoms with Crippen molar-refractivity contribution in [3.8, 4) is 0 Å². The number of primary amides is 1. The summed E-state index contributed by atoms with van der Waals surface area (Å²) in [4.78, 5) is 16.9. The quantitative estimate of drug-likeness (QED) is 0.762. The van der Waals surface area contributed by atoms with Crippen molar-refractivity contribution >= 4 is 11.6 Å². The Kier molecular flexibility index (Phi) is 3.84. The van der Waals surface area contributed by atoms with Crippen LogP contribution < -0.4 is 11.5 Å². The van der Waals surface area contributed by atoms with Gasteiger partial charge in [0.05, 0.1) is 12.2 Å². The Bertz CT molecular complexity index is 403. The number of carbonyl (C=O) groups is 1. The van der Waals surface area contributed by atoms with Crippen LogP contribution >= 0.6 is 0 Å². The molecule has 4 N–H and O–H groups in total. The summed E-state index contributed by atoms with van der Waals surface area (Å²) in [5.74, 6) is -0.347. The number of aromatic nitrogens is 1. The maximum absolute atomic E-state index is 10.7. The molecule has 0 aliphatic carbocycles. The van der Waals surface area contributed by atoms with E-state index in [-0.39, 0.29) is 12.5 Å². The summed E-state index contributed by atoms with van der Waals surface area (Å²) in [5.41, 5.74) is 14.6. The van der Waals surface area contributed by atoms with Crippen molar-refractivity contribution < 1.29 is 4.79 Å². The Morgan fingerprint density at radius 3 is 2.69 bits per heavy atom. The van der Waals surface area contributed by atoms with Gasteiger partial charge in [0.2, 0.25) is 5.91 Å². The number of hydrogen-bond donors (Lipinski definition) is 2. The predicted octanol–water partition coefficient (Wildman–Crippen LogP) is 0.198. The van der Waals surface area contributed by atoms with Gasteiger partial charge in [-0.1, -0.05) is 0 Å². The zero-order valence-corrected chi connectivity index (χ0v) is 9.95. The van der Waals surface area contributed by atoms with Crippen LogP contribution in [0.25, 0.3) is 0 Å². The van der Waals surface area contributed by atoms with Gasteiger partial charge in [-0.25, -0.2) is 0 Å². The second kappa shape index (κ2) is 4.94. The maximum atomic E-state index is 10.7. The van der Waals surface area contributed by atoms with Gasteiger partial charge >= 0.3 is 0 Å². The van der Waals surface area contributed by atoms with Crippen molar-refractivity contribution in [3.63, 3.8) is 0 Å². The van der Waals surface area contributed by atoms with Crippen LogP contribution in [0.1, 0.15) is 16.8 Å². The highest BCUT2D eigenvalue weighted by molar-refractivity contribution is 5.75. The predicted molar refractivity (Wildman–Crippen MR) is 63.7 cm³/mol. The summed E-state index contributed by atoms with van der Waals surface area (Å²) in [6.07, 6.45) is 1.75. The smallest absolute Gasteiger partial charge is 0.231 e. The Morgan fingerprint density at radius 2 is 2.12 bits per heavy atom. The zero-order valence-electron chi connectivity index (χ0n) is 9.95. The number of carbonyl (C=O) groups excluding carboxylic acids is 1. The number of amides is 1. The lowest BCUT2D eigenvalue weighted by Gasteiger charge is -2.16. The summed E-state index contributed by atoms with van der Waals surface area (Å²) < 4.78 is 0. The van der Waals surface area contributed by atoms with Crippen LogP contribution in [0.4, 0.5) is 5.69 Å². The van der Waals surface area contributed by atoms with Gasteiger partial charge in [-0.15, -0.1) is 0 Å². The molecule has 0 aliphatic heterocycles. The minimum Gasteiger partial charge on any atom is -0.398 e. The molecule has 1 aromatic heterocycles. The molecule has 0 aliphatic rings. The second-order valence-electron chi connectivity index (χ2n) is 4.07. The minimum atomic E-state index is -0.347. The number of aryl methyl sites for hydroxylation is 1. The molecule has 16 heavy (non-hydrogen) atoms. The highest BCUT2D eigenvalue weighted by Crippen LogP contribution is 2.18. The first-order valence-electron chi connectivity index (χ1n) is 5.09. The van der Waals surface area contributed by atoms with Gasteiger partial charge < -0.3 is 11.5 Å². The van der Waals surface area contributed by atoms with Gasteiger partial charge in [-0.3, -0.25) is 14.7 Å². The number of pyridine rings is 1. The molecule has 0 saturated carbocycles. The van der Waals surface area contributed by atoms with Gasteiger partial charge in [0.25, 0.3) is 0 Å². The Hall–Kier alpha value is -1.62. The molecular weight excluding hydrogens is 204 g/mol. The number of nitrogens with two attached hydrogens (primary N) is 2. The van der Waals surface area contributed by atoms with Crippen molar-refractivity contribution in [2.75, 3.05) is 19.3 Å². The van der Waals surface area contributed by atoms with Crippen LogP contribution in [0.5, 0.6) is 0 Å². The Morgan fingerprint density at radius 1 is 1.50 bits per heavy atom. The molecule has 0 radical (unpaired) electrons. The fourth-order valence-electron chi connectivity index (χ4n) is 1.53. The average Bonchev–Trinajstić information content (AvgIpc) is 2.18. The number of hydrogen-bond acceptors (Lipinski definition) is 4. The van der Waals surface area contributed by atoms with Crippen molar-refractivity contribution in [1.82, 2.24) is 9.88 Å². The van der Waals surface area contributed by atoms with E-state index in [9.17, 15) is 4.79 Å². The molecule has 0 unspecified atom stereocenters. The molecule has 1 aromatic rings. The van der Waals surface area contributed by atoms with Crippen molar-refractivity contribution in [2.24, 2.45) is 5.73 Å². The molecule has 0 aromatic carbocycles. The van der Waals surface area contributed by atoms with E-state index in [0.29, 0.717) is 6.54 Å². The lowest BCUT2D eigenvalue weighted by molar-refractivity contribution is -0.118. The summed E-state index contributed by atoms with van der Waals surface area (Å²) in [6, 6.07) is 0. The molecule has 5 nitrogen and oxygen atoms in total. The molecule has 88 valence electrons. The van der Waals surface area contributed by atoms with Gasteiger partial charge in [-0.2, -0.15) is 0 Å². The highest BCUT2D eigenvalue weighted by atomic mass is 16.1. The van der Waals surface area contributed by atoms with Crippen LogP contribution in [-0.2, 0) is 11.3 Å². The zero-order chi connectivity index (χ0) is 12.3. The molecule has 0 bridgehead atoms. The van der Waals surface area contributed by atoms with E-state index in [0.717, 1.165) is 22.5 Å². The second-order valence-corrected chi connectivity index (χ2v) is 4.07. The average molecular weight is 222 g/mol. The summed E-state index contributed by atoms with van der Waals surface area (Å²) in [6.45, 7) is 4.64. The first kappa shape index (κ1) is 12.4. The van der Waals surface area contributed by atoms with E-state index in [2.05, 4.69) is 4.98 Å². The molecule has 0 atom stereocenters. The fourth-order valence-corrected chi connectivity index (χ4v) is 1.53. The molecule has 0 saturated heterocycles. The summed E-state index contributed by atoms with van der Waals surface area (Å²) in [5, 5.41) is 0. The van der Waals surface area contributed by atoms with E-state index in [1.54, 1.807) is 6.20 Å². The molecule has 0 fully saturated rings. The van der Waals surface area contributed by atoms with Crippen LogP contribution in [0.2, 0.25) is 0 Å². The van der Waals surface area contributed by atoms with Crippen molar-refractivity contribution in [2.45, 2.75) is 20.4 Å². The molecular formula is C11H18N4O. The lowest BCUT2D eigenvalue weighted by Crippen LogP contribution is -2.30. The SMILES string of the molecule is Cc1cnc(CN(C)CC(N)=O)c(C)c1N. The van der Waals surface area contributed by atoms with E-state index in [1.807, 2.05) is 25.8 Å². The Balaban J connectivity index is 2.82. The summed E-state index contributed by atoms with van der Waals surface area (Å²) >= 11 is 0. The largest absolute Gasteiger partial charge is 0.398 e. The first-order valence-corrected chi connectivity index (χ1v) is 5.09. The van der Waals surface area contributed by atoms with E-state index >= 15 is 0 Å². The van der Waals surface area contributed by atoms with Crippen LogP contribution in [0, 0.1) is 13.8 Å². The van der Waals surface area contributed by atoms with Gasteiger partial charge in [0.15, 0.2) is 0 Å². The molecule has 1 amide bonds. The number of likely N-dealkylation sites (N-methyl/N-ethyl adjacent to an activating group) is 1. The van der Waals surface area contributed by atoms with Crippen LogP contribution in [0.15, 0.2) is 6.20 Å². The van der Waals surface area contributed by atoms with Gasteiger partial charge in [0, 0.05) is 18.4 Å². The molecule has 1 rings (SSSR count). The number of anilines is 1. The van der Waals surface area contributed by atoms with Crippen molar-refractivity contribution in [1.29, 1.82) is 0 Å². The van der Waals surface area contributed by atoms with Crippen LogP contribution in [-0.4, -0.2) is 29.4 Å². The third-order valence-electron chi connectivity index (χ3n) is 2.52. The minimum absolute atomic E-state index is 0.217. The number of nitrogen functional groups attached to an aromatic ring is 1. The third kappa shape index (κ3) is 2.93. The fraction of sp³-hybridized carbons (Fsp3) is 0.455. The first-order chi connectivity index (χ1) is 7.41. The van der Waals surface area contributed by atoms with E-state index < -0.39 is 0 Å². The van der Waals surface area contributed by atoms with Crippen LogP contribution in [0.3, 0.4) is 0 Å². The normalized spacial score (nSPS) is 10.8. The highest BCUT2D eigenvalue weighted by Gasteiger charge is 2.09. The van der Waals surface area contributed by atoms with E-state index in [4.69, 9.17) is 11.5 Å². The monoisotopic (exact) mass is 222 g/mol. The van der Waals surface area contributed by atoms with Gasteiger partial charge in [0.1, 0.15) is 0 Å². The van der Waals surface area contributed by atoms with Crippen molar-refractivity contribution in [3.05, 3.63) is 23.0 Å². The summed E-state index contributed by atoms with van der Waals surface area (Å²) in [7, 11) is 1.82. The standard InChI is InChI=1S/C11H18N4O/c1-7-4-14-9(8(2)11(7)13)5-15(3)6-10(12)16/h4H,5-6H2,1-3H3,(H2,12,16)(H2,13,14). The maximum Gasteiger partial charge on any atom is 0.231 e. The number of nitrogens with zero attached hydrogens (tertiary/aromatic N) is 2. The lowest BCUT2D eigenvalue weighted by atomic mass is 10.1. The number of rotatable bonds is 4. The van der Waals surface area contributed by atoms with Gasteiger partial charge in [-0.05, 0) is 32.0 Å². The molecule has 1 heterocycles. The third-order valence-corrected chi connectivity index (χ3v) is 2.52. The molecule has 5 heteroatoms. The topological polar surface area (TPSA) is 85.2 Å².